The van der Waals surface area contributed by atoms with Crippen LogP contribution < -0.4 is 5.32 Å². The third-order valence-corrected chi connectivity index (χ3v) is 3.22. The third-order valence-electron chi connectivity index (χ3n) is 2.80. The zero-order valence-electron chi connectivity index (χ0n) is 9.22. The molecule has 16 heavy (non-hydrogen) atoms. The third kappa shape index (κ3) is 2.54. The molecule has 2 nitrogen and oxygen atoms in total. The Morgan fingerprint density at radius 3 is 2.88 bits per heavy atom. The average Bonchev–Trinajstić information content (AvgIpc) is 2.22. The maximum absolute atomic E-state index is 13.1. The topological polar surface area (TPSA) is 21.3 Å². The maximum Gasteiger partial charge on any atom is 0.142 e. The highest BCUT2D eigenvalue weighted by Gasteiger charge is 2.32. The highest BCUT2D eigenvalue weighted by atomic mass is 35.5. The van der Waals surface area contributed by atoms with Crippen molar-refractivity contribution < 1.29 is 9.13 Å². The van der Waals surface area contributed by atoms with E-state index in [1.165, 1.54) is 6.07 Å². The summed E-state index contributed by atoms with van der Waals surface area (Å²) in [5.41, 5.74) is 1.02. The Morgan fingerprint density at radius 2 is 2.25 bits per heavy atom. The van der Waals surface area contributed by atoms with Gasteiger partial charge in [-0.05, 0) is 11.6 Å². The second-order valence-electron chi connectivity index (χ2n) is 4.62. The van der Waals surface area contributed by atoms with Crippen molar-refractivity contribution in [2.24, 2.45) is 5.41 Å². The van der Waals surface area contributed by atoms with E-state index in [-0.39, 0.29) is 16.3 Å². The molecule has 1 aromatic carbocycles. The number of halogens is 2. The van der Waals surface area contributed by atoms with Gasteiger partial charge in [0.15, 0.2) is 0 Å². The standard InChI is InChI=1S/C12H15ClFNO/c1-12(7-16-8-12)6-15-5-9-3-2-4-10(14)11(9)13/h2-4,15H,5-8H2,1H3. The predicted octanol–water partition coefficient (Wildman–Crippen LogP) is 2.61. The van der Waals surface area contributed by atoms with Crippen molar-refractivity contribution in [2.75, 3.05) is 19.8 Å². The second kappa shape index (κ2) is 4.70. The molecule has 1 heterocycles. The van der Waals surface area contributed by atoms with Crippen LogP contribution in [-0.4, -0.2) is 19.8 Å². The molecule has 2 rings (SSSR count). The van der Waals surface area contributed by atoms with E-state index in [0.29, 0.717) is 6.54 Å². The highest BCUT2D eigenvalue weighted by Crippen LogP contribution is 2.25. The average molecular weight is 244 g/mol. The van der Waals surface area contributed by atoms with Gasteiger partial charge in [0.2, 0.25) is 0 Å². The zero-order valence-corrected chi connectivity index (χ0v) is 9.98. The number of ether oxygens (including phenoxy) is 1. The van der Waals surface area contributed by atoms with Crippen molar-refractivity contribution >= 4 is 11.6 Å². The summed E-state index contributed by atoms with van der Waals surface area (Å²) in [6, 6.07) is 4.87. The fourth-order valence-corrected chi connectivity index (χ4v) is 1.93. The van der Waals surface area contributed by atoms with Crippen LogP contribution in [0.4, 0.5) is 4.39 Å². The van der Waals surface area contributed by atoms with Crippen molar-refractivity contribution in [3.8, 4) is 0 Å². The lowest BCUT2D eigenvalue weighted by molar-refractivity contribution is -0.0991. The fourth-order valence-electron chi connectivity index (χ4n) is 1.74. The number of rotatable bonds is 4. The van der Waals surface area contributed by atoms with Crippen LogP contribution in [0.5, 0.6) is 0 Å². The van der Waals surface area contributed by atoms with Crippen molar-refractivity contribution in [3.05, 3.63) is 34.6 Å². The number of benzene rings is 1. The smallest absolute Gasteiger partial charge is 0.142 e. The van der Waals surface area contributed by atoms with E-state index in [9.17, 15) is 4.39 Å². The molecule has 0 radical (unpaired) electrons. The first-order valence-electron chi connectivity index (χ1n) is 5.32. The predicted molar refractivity (Wildman–Crippen MR) is 62.0 cm³/mol. The maximum atomic E-state index is 13.1. The van der Waals surface area contributed by atoms with Crippen molar-refractivity contribution in [2.45, 2.75) is 13.5 Å². The molecule has 1 aliphatic heterocycles. The Hall–Kier alpha value is -0.640. The minimum atomic E-state index is -0.362. The number of hydrogen-bond acceptors (Lipinski definition) is 2. The highest BCUT2D eigenvalue weighted by molar-refractivity contribution is 6.31. The van der Waals surface area contributed by atoms with E-state index in [0.717, 1.165) is 25.3 Å². The van der Waals surface area contributed by atoms with Crippen molar-refractivity contribution in [1.29, 1.82) is 0 Å². The van der Waals surface area contributed by atoms with Crippen LogP contribution in [-0.2, 0) is 11.3 Å². The van der Waals surface area contributed by atoms with Gasteiger partial charge in [-0.25, -0.2) is 4.39 Å². The molecular formula is C12H15ClFNO. The van der Waals surface area contributed by atoms with Gasteiger partial charge in [0.25, 0.3) is 0 Å². The van der Waals surface area contributed by atoms with Crippen LogP contribution in [0.1, 0.15) is 12.5 Å². The molecule has 1 aromatic rings. The molecular weight excluding hydrogens is 229 g/mol. The summed E-state index contributed by atoms with van der Waals surface area (Å²) in [5, 5.41) is 3.49. The van der Waals surface area contributed by atoms with E-state index in [1.807, 2.05) is 6.07 Å². The van der Waals surface area contributed by atoms with Crippen molar-refractivity contribution in [3.63, 3.8) is 0 Å². The zero-order chi connectivity index (χ0) is 11.6. The van der Waals surface area contributed by atoms with Crippen LogP contribution in [0.25, 0.3) is 0 Å². The summed E-state index contributed by atoms with van der Waals surface area (Å²) in [6.07, 6.45) is 0. The van der Waals surface area contributed by atoms with Gasteiger partial charge >= 0.3 is 0 Å². The summed E-state index contributed by atoms with van der Waals surface area (Å²) in [5.74, 6) is -0.362. The molecule has 88 valence electrons. The van der Waals surface area contributed by atoms with Crippen LogP contribution in [0.3, 0.4) is 0 Å². The normalized spacial score (nSPS) is 18.2. The van der Waals surface area contributed by atoms with Gasteiger partial charge < -0.3 is 10.1 Å². The quantitative estimate of drug-likeness (QED) is 0.878. The molecule has 0 atom stereocenters. The Labute approximate surface area is 99.7 Å². The van der Waals surface area contributed by atoms with E-state index >= 15 is 0 Å². The molecule has 0 aliphatic carbocycles. The SMILES string of the molecule is CC1(CNCc2cccc(F)c2Cl)COC1. The lowest BCUT2D eigenvalue weighted by atomic mass is 9.89. The molecule has 0 saturated carbocycles. The minimum absolute atomic E-state index is 0.213. The van der Waals surface area contributed by atoms with Gasteiger partial charge in [-0.2, -0.15) is 0 Å². The monoisotopic (exact) mass is 243 g/mol. The van der Waals surface area contributed by atoms with Crippen LogP contribution in [0.2, 0.25) is 5.02 Å². The van der Waals surface area contributed by atoms with E-state index in [1.54, 1.807) is 6.07 Å². The lowest BCUT2D eigenvalue weighted by Crippen LogP contribution is -2.47. The van der Waals surface area contributed by atoms with Crippen LogP contribution >= 0.6 is 11.6 Å². The van der Waals surface area contributed by atoms with Gasteiger partial charge in [0, 0.05) is 18.5 Å². The van der Waals surface area contributed by atoms with Gasteiger partial charge in [-0.1, -0.05) is 30.7 Å². The van der Waals surface area contributed by atoms with E-state index in [4.69, 9.17) is 16.3 Å². The molecule has 4 heteroatoms. The summed E-state index contributed by atoms with van der Waals surface area (Å²) in [6.45, 7) is 5.19. The minimum Gasteiger partial charge on any atom is -0.380 e. The Kier molecular flexibility index (Phi) is 3.47. The lowest BCUT2D eigenvalue weighted by Gasteiger charge is -2.38. The van der Waals surface area contributed by atoms with Gasteiger partial charge in [0.1, 0.15) is 5.82 Å². The number of nitrogens with one attached hydrogen (secondary N) is 1. The first-order valence-corrected chi connectivity index (χ1v) is 5.70. The van der Waals surface area contributed by atoms with E-state index < -0.39 is 0 Å². The summed E-state index contributed by atoms with van der Waals surface area (Å²) >= 11 is 5.85. The molecule has 0 aromatic heterocycles. The largest absolute Gasteiger partial charge is 0.380 e. The molecule has 1 saturated heterocycles. The number of hydrogen-bond donors (Lipinski definition) is 1. The second-order valence-corrected chi connectivity index (χ2v) is 5.00. The fraction of sp³-hybridized carbons (Fsp3) is 0.500. The van der Waals surface area contributed by atoms with E-state index in [2.05, 4.69) is 12.2 Å². The summed E-state index contributed by atoms with van der Waals surface area (Å²) < 4.78 is 18.3. The first kappa shape index (κ1) is 11.8. The molecule has 0 spiro atoms. The van der Waals surface area contributed by atoms with Gasteiger partial charge in [0.05, 0.1) is 18.2 Å². The molecule has 0 amide bonds. The molecule has 1 fully saturated rings. The van der Waals surface area contributed by atoms with Gasteiger partial charge in [-0.15, -0.1) is 0 Å². The van der Waals surface area contributed by atoms with Crippen molar-refractivity contribution in [1.82, 2.24) is 5.32 Å². The van der Waals surface area contributed by atoms with Crippen LogP contribution in [0.15, 0.2) is 18.2 Å². The summed E-state index contributed by atoms with van der Waals surface area (Å²) in [7, 11) is 0. The molecule has 0 unspecified atom stereocenters. The Bertz CT molecular complexity index is 379. The first-order chi connectivity index (χ1) is 7.61. The van der Waals surface area contributed by atoms with Crippen LogP contribution in [0, 0.1) is 11.2 Å². The van der Waals surface area contributed by atoms with Gasteiger partial charge in [-0.3, -0.25) is 0 Å². The summed E-state index contributed by atoms with van der Waals surface area (Å²) in [4.78, 5) is 0. The molecule has 1 aliphatic rings. The Balaban J connectivity index is 1.87. The molecule has 0 bridgehead atoms. The Morgan fingerprint density at radius 1 is 1.50 bits per heavy atom. The molecule has 1 N–H and O–H groups in total.